The Morgan fingerprint density at radius 3 is 2.63 bits per heavy atom. The molecule has 0 saturated heterocycles. The highest BCUT2D eigenvalue weighted by atomic mass is 15.1. The number of nitrogens with one attached hydrogen (secondary N) is 2. The first-order valence-corrected chi connectivity index (χ1v) is 7.55. The van der Waals surface area contributed by atoms with Crippen LogP contribution >= 0.6 is 0 Å². The third kappa shape index (κ3) is 3.82. The van der Waals surface area contributed by atoms with Crippen LogP contribution in [0, 0.1) is 5.92 Å². The van der Waals surface area contributed by atoms with Gasteiger partial charge >= 0.3 is 0 Å². The van der Waals surface area contributed by atoms with Crippen molar-refractivity contribution in [2.24, 2.45) is 5.92 Å². The topological polar surface area (TPSA) is 49.8 Å². The molecule has 2 atom stereocenters. The second-order valence-corrected chi connectivity index (χ2v) is 5.52. The smallest absolute Gasteiger partial charge is 0.132 e. The van der Waals surface area contributed by atoms with Gasteiger partial charge in [-0.1, -0.05) is 33.1 Å². The van der Waals surface area contributed by atoms with Crippen LogP contribution in [0.1, 0.15) is 51.8 Å². The second-order valence-electron chi connectivity index (χ2n) is 5.52. The lowest BCUT2D eigenvalue weighted by molar-refractivity contribution is 0.455. The van der Waals surface area contributed by atoms with Crippen LogP contribution in [-0.2, 0) is 6.42 Å². The van der Waals surface area contributed by atoms with Crippen molar-refractivity contribution in [3.8, 4) is 0 Å². The lowest BCUT2D eigenvalue weighted by Crippen LogP contribution is -2.27. The number of hydrogen-bond acceptors (Lipinski definition) is 4. The Balaban J connectivity index is 2.12. The van der Waals surface area contributed by atoms with E-state index in [0.717, 1.165) is 29.8 Å². The molecule has 0 aliphatic heterocycles. The van der Waals surface area contributed by atoms with Gasteiger partial charge in [-0.25, -0.2) is 9.97 Å². The highest BCUT2D eigenvalue weighted by Gasteiger charge is 2.20. The van der Waals surface area contributed by atoms with Crippen molar-refractivity contribution in [2.75, 3.05) is 17.7 Å². The van der Waals surface area contributed by atoms with Crippen molar-refractivity contribution in [3.05, 3.63) is 11.9 Å². The van der Waals surface area contributed by atoms with Crippen LogP contribution in [0.2, 0.25) is 0 Å². The fraction of sp³-hybridized carbons (Fsp3) is 0.733. The van der Waals surface area contributed by atoms with Gasteiger partial charge in [0.05, 0.1) is 0 Å². The highest BCUT2D eigenvalue weighted by Crippen LogP contribution is 2.26. The molecule has 2 unspecified atom stereocenters. The van der Waals surface area contributed by atoms with Gasteiger partial charge in [-0.05, 0) is 18.8 Å². The van der Waals surface area contributed by atoms with Gasteiger partial charge in [0, 0.05) is 25.6 Å². The fourth-order valence-corrected chi connectivity index (χ4v) is 2.75. The maximum absolute atomic E-state index is 4.60. The number of anilines is 2. The Morgan fingerprint density at radius 1 is 1.16 bits per heavy atom. The summed E-state index contributed by atoms with van der Waals surface area (Å²) in [6.45, 7) is 4.44. The predicted molar refractivity (Wildman–Crippen MR) is 80.6 cm³/mol. The summed E-state index contributed by atoms with van der Waals surface area (Å²) < 4.78 is 0. The minimum absolute atomic E-state index is 0.548. The van der Waals surface area contributed by atoms with Crippen molar-refractivity contribution in [1.82, 2.24) is 9.97 Å². The quantitative estimate of drug-likeness (QED) is 0.816. The maximum Gasteiger partial charge on any atom is 0.132 e. The molecule has 1 fully saturated rings. The van der Waals surface area contributed by atoms with E-state index in [1.165, 1.54) is 32.1 Å². The van der Waals surface area contributed by atoms with Gasteiger partial charge in [-0.2, -0.15) is 0 Å². The molecule has 1 aromatic rings. The van der Waals surface area contributed by atoms with Crippen LogP contribution in [0.5, 0.6) is 0 Å². The van der Waals surface area contributed by atoms with E-state index >= 15 is 0 Å². The lowest BCUT2D eigenvalue weighted by Gasteiger charge is -2.23. The van der Waals surface area contributed by atoms with Crippen LogP contribution in [0.3, 0.4) is 0 Å². The number of aromatic nitrogens is 2. The molecule has 2 rings (SSSR count). The van der Waals surface area contributed by atoms with E-state index in [-0.39, 0.29) is 0 Å². The molecule has 1 aliphatic carbocycles. The summed E-state index contributed by atoms with van der Waals surface area (Å²) in [6.07, 6.45) is 7.50. The SMILES string of the molecule is CCc1nc(NC)cc(NC2CCCCCC2C)n1. The maximum atomic E-state index is 4.60. The van der Waals surface area contributed by atoms with E-state index in [1.807, 2.05) is 13.1 Å². The minimum Gasteiger partial charge on any atom is -0.373 e. The second kappa shape index (κ2) is 6.73. The monoisotopic (exact) mass is 262 g/mol. The summed E-state index contributed by atoms with van der Waals surface area (Å²) in [5.74, 6) is 3.49. The van der Waals surface area contributed by atoms with Gasteiger partial charge in [0.1, 0.15) is 17.5 Å². The summed E-state index contributed by atoms with van der Waals surface area (Å²) in [7, 11) is 1.90. The van der Waals surface area contributed by atoms with E-state index in [9.17, 15) is 0 Å². The van der Waals surface area contributed by atoms with Gasteiger partial charge in [-0.3, -0.25) is 0 Å². The van der Waals surface area contributed by atoms with E-state index in [0.29, 0.717) is 6.04 Å². The molecule has 0 spiro atoms. The third-order valence-corrected chi connectivity index (χ3v) is 4.04. The van der Waals surface area contributed by atoms with Gasteiger partial charge in [0.15, 0.2) is 0 Å². The first kappa shape index (κ1) is 14.1. The normalized spacial score (nSPS) is 23.7. The molecule has 4 nitrogen and oxygen atoms in total. The van der Waals surface area contributed by atoms with Crippen molar-refractivity contribution in [2.45, 2.75) is 58.4 Å². The van der Waals surface area contributed by atoms with Crippen molar-refractivity contribution in [1.29, 1.82) is 0 Å². The van der Waals surface area contributed by atoms with Gasteiger partial charge in [-0.15, -0.1) is 0 Å². The van der Waals surface area contributed by atoms with Crippen LogP contribution in [0.25, 0.3) is 0 Å². The van der Waals surface area contributed by atoms with Crippen LogP contribution in [-0.4, -0.2) is 23.1 Å². The van der Waals surface area contributed by atoms with Crippen molar-refractivity contribution in [3.63, 3.8) is 0 Å². The molecule has 0 aromatic carbocycles. The van der Waals surface area contributed by atoms with E-state index < -0.39 is 0 Å². The zero-order chi connectivity index (χ0) is 13.7. The third-order valence-electron chi connectivity index (χ3n) is 4.04. The van der Waals surface area contributed by atoms with Gasteiger partial charge < -0.3 is 10.6 Å². The zero-order valence-electron chi connectivity index (χ0n) is 12.4. The molecule has 1 heterocycles. The molecule has 0 radical (unpaired) electrons. The van der Waals surface area contributed by atoms with E-state index in [1.54, 1.807) is 0 Å². The summed E-state index contributed by atoms with van der Waals surface area (Å²) in [6, 6.07) is 2.56. The first-order chi connectivity index (χ1) is 9.22. The predicted octanol–water partition coefficient (Wildman–Crippen LogP) is 3.46. The Labute approximate surface area is 116 Å². The number of hydrogen-bond donors (Lipinski definition) is 2. The Hall–Kier alpha value is -1.32. The zero-order valence-corrected chi connectivity index (χ0v) is 12.4. The van der Waals surface area contributed by atoms with Gasteiger partial charge in [0.25, 0.3) is 0 Å². The van der Waals surface area contributed by atoms with Crippen molar-refractivity contribution < 1.29 is 0 Å². The summed E-state index contributed by atoms with van der Waals surface area (Å²) in [5.41, 5.74) is 0. The van der Waals surface area contributed by atoms with Crippen LogP contribution in [0.15, 0.2) is 6.07 Å². The summed E-state index contributed by atoms with van der Waals surface area (Å²) in [5, 5.41) is 6.74. The van der Waals surface area contributed by atoms with Crippen molar-refractivity contribution >= 4 is 11.6 Å². The molecule has 1 saturated carbocycles. The first-order valence-electron chi connectivity index (χ1n) is 7.55. The number of rotatable bonds is 4. The summed E-state index contributed by atoms with van der Waals surface area (Å²) >= 11 is 0. The molecule has 0 amide bonds. The molecule has 106 valence electrons. The fourth-order valence-electron chi connectivity index (χ4n) is 2.75. The van der Waals surface area contributed by atoms with Crippen LogP contribution in [0.4, 0.5) is 11.6 Å². The Kier molecular flexibility index (Phi) is 5.00. The van der Waals surface area contributed by atoms with Gasteiger partial charge in [0.2, 0.25) is 0 Å². The standard InChI is InChI=1S/C15H26N4/c1-4-13-18-14(16-3)10-15(19-13)17-12-9-7-5-6-8-11(12)2/h10-12H,4-9H2,1-3H3,(H2,16,17,18,19). The molecule has 4 heteroatoms. The average molecular weight is 262 g/mol. The molecular formula is C15H26N4. The molecule has 19 heavy (non-hydrogen) atoms. The largest absolute Gasteiger partial charge is 0.373 e. The average Bonchev–Trinajstić information content (AvgIpc) is 2.63. The molecule has 2 N–H and O–H groups in total. The minimum atomic E-state index is 0.548. The van der Waals surface area contributed by atoms with E-state index in [2.05, 4.69) is 34.4 Å². The molecule has 1 aromatic heterocycles. The highest BCUT2D eigenvalue weighted by molar-refractivity contribution is 5.47. The molecule has 1 aliphatic rings. The molecular weight excluding hydrogens is 236 g/mol. The van der Waals surface area contributed by atoms with E-state index in [4.69, 9.17) is 0 Å². The number of aryl methyl sites for hydroxylation is 1. The Morgan fingerprint density at radius 2 is 1.89 bits per heavy atom. The molecule has 0 bridgehead atoms. The summed E-state index contributed by atoms with van der Waals surface area (Å²) in [4.78, 5) is 9.04. The van der Waals surface area contributed by atoms with Crippen LogP contribution < -0.4 is 10.6 Å². The Bertz CT molecular complexity index is 383. The number of nitrogens with zero attached hydrogens (tertiary/aromatic N) is 2. The lowest BCUT2D eigenvalue weighted by atomic mass is 9.97.